The molecule has 0 aliphatic carbocycles. The van der Waals surface area contributed by atoms with Gasteiger partial charge in [0, 0.05) is 22.5 Å². The van der Waals surface area contributed by atoms with Crippen LogP contribution in [0.4, 0.5) is 5.13 Å². The van der Waals surface area contributed by atoms with E-state index in [1.165, 1.54) is 29.2 Å². The molecule has 4 aromatic rings. The zero-order chi connectivity index (χ0) is 25.7. The van der Waals surface area contributed by atoms with Gasteiger partial charge in [-0.1, -0.05) is 65.3 Å². The highest BCUT2D eigenvalue weighted by Crippen LogP contribution is 2.26. The van der Waals surface area contributed by atoms with Gasteiger partial charge in [-0.15, -0.1) is 21.5 Å². The number of hydrogen-bond acceptors (Lipinski definition) is 7. The number of carbonyl (C=O) groups excluding carboxylic acids is 2. The van der Waals surface area contributed by atoms with E-state index in [2.05, 4.69) is 25.8 Å². The Hall–Kier alpha value is -2.92. The number of hydrogen-bond donors (Lipinski definition) is 2. The summed E-state index contributed by atoms with van der Waals surface area (Å²) >= 11 is 14.7. The van der Waals surface area contributed by atoms with Crippen molar-refractivity contribution in [3.8, 4) is 11.3 Å². The summed E-state index contributed by atoms with van der Waals surface area (Å²) in [6.07, 6.45) is 0. The first-order chi connectivity index (χ1) is 17.4. The number of halogens is 2. The zero-order valence-corrected chi connectivity index (χ0v) is 22.5. The van der Waals surface area contributed by atoms with Crippen LogP contribution in [0.15, 0.2) is 59.1 Å². The van der Waals surface area contributed by atoms with Gasteiger partial charge in [0.25, 0.3) is 5.91 Å². The Balaban J connectivity index is 1.36. The average Bonchev–Trinajstić information content (AvgIpc) is 3.50. The summed E-state index contributed by atoms with van der Waals surface area (Å²) in [5.41, 5.74) is 2.13. The molecule has 12 heteroatoms. The molecule has 0 saturated heterocycles. The molecule has 2 aromatic heterocycles. The maximum absolute atomic E-state index is 12.7. The van der Waals surface area contributed by atoms with Crippen molar-refractivity contribution in [1.29, 1.82) is 0 Å². The van der Waals surface area contributed by atoms with Crippen LogP contribution in [0.25, 0.3) is 11.3 Å². The number of carbonyl (C=O) groups is 2. The smallest absolute Gasteiger partial charge is 0.253 e. The van der Waals surface area contributed by atoms with E-state index in [-0.39, 0.29) is 22.6 Å². The Morgan fingerprint density at radius 3 is 2.64 bits per heavy atom. The van der Waals surface area contributed by atoms with E-state index in [1.54, 1.807) is 12.1 Å². The van der Waals surface area contributed by atoms with Crippen LogP contribution in [0.3, 0.4) is 0 Å². The Kier molecular flexibility index (Phi) is 8.63. The van der Waals surface area contributed by atoms with E-state index in [0.29, 0.717) is 33.2 Å². The normalized spacial score (nSPS) is 11.8. The highest BCUT2D eigenvalue weighted by molar-refractivity contribution is 7.99. The molecule has 0 fully saturated rings. The second-order valence-corrected chi connectivity index (χ2v) is 10.3. The second-order valence-electron chi connectivity index (χ2n) is 7.65. The van der Waals surface area contributed by atoms with Crippen molar-refractivity contribution >= 4 is 63.2 Å². The predicted octanol–water partition coefficient (Wildman–Crippen LogP) is 5.95. The van der Waals surface area contributed by atoms with Gasteiger partial charge in [-0.05, 0) is 32.0 Å². The molecule has 2 aromatic carbocycles. The Labute approximate surface area is 226 Å². The third-order valence-electron chi connectivity index (χ3n) is 5.12. The number of aromatic nitrogens is 4. The number of benzene rings is 2. The third kappa shape index (κ3) is 6.25. The van der Waals surface area contributed by atoms with E-state index in [4.69, 9.17) is 23.2 Å². The Morgan fingerprint density at radius 2 is 1.92 bits per heavy atom. The van der Waals surface area contributed by atoms with Crippen molar-refractivity contribution in [2.24, 2.45) is 0 Å². The monoisotopic (exact) mass is 560 g/mol. The lowest BCUT2D eigenvalue weighted by Crippen LogP contribution is -2.29. The van der Waals surface area contributed by atoms with Gasteiger partial charge in [-0.3, -0.25) is 9.59 Å². The topological polar surface area (TPSA) is 102 Å². The molecule has 0 spiro atoms. The summed E-state index contributed by atoms with van der Waals surface area (Å²) in [7, 11) is 0. The standard InChI is InChI=1S/C24H22Cl2N6O2S2/c1-3-32-21(14(2)27-22(34)17-10-9-16(25)11-18(17)26)30-31-24(32)36-13-20(33)29-23-28-19(12-35-23)15-7-5-4-6-8-15/h4-12,14H,3,13H2,1-2H3,(H,27,34)(H,28,29,33)/t14-/m0/s1. The van der Waals surface area contributed by atoms with Gasteiger partial charge in [0.05, 0.1) is 28.1 Å². The molecule has 1 atom stereocenters. The molecule has 2 amide bonds. The van der Waals surface area contributed by atoms with E-state index in [1.807, 2.05) is 54.1 Å². The van der Waals surface area contributed by atoms with Crippen LogP contribution in [0.5, 0.6) is 0 Å². The minimum Gasteiger partial charge on any atom is -0.342 e. The first-order valence-corrected chi connectivity index (χ1v) is 13.6. The minimum atomic E-state index is -0.438. The zero-order valence-electron chi connectivity index (χ0n) is 19.4. The molecule has 186 valence electrons. The fraction of sp³-hybridized carbons (Fsp3) is 0.208. The molecule has 4 rings (SSSR count). The minimum absolute atomic E-state index is 0.138. The molecule has 0 saturated carbocycles. The van der Waals surface area contributed by atoms with Crippen molar-refractivity contribution in [3.05, 3.63) is 75.3 Å². The van der Waals surface area contributed by atoms with Gasteiger partial charge in [0.2, 0.25) is 5.91 Å². The fourth-order valence-corrected chi connectivity index (χ4v) is 5.43. The van der Waals surface area contributed by atoms with Gasteiger partial charge in [0.15, 0.2) is 16.1 Å². The molecule has 36 heavy (non-hydrogen) atoms. The highest BCUT2D eigenvalue weighted by atomic mass is 35.5. The summed E-state index contributed by atoms with van der Waals surface area (Å²) in [6.45, 7) is 4.33. The van der Waals surface area contributed by atoms with E-state index < -0.39 is 6.04 Å². The van der Waals surface area contributed by atoms with Crippen LogP contribution >= 0.6 is 46.3 Å². The lowest BCUT2D eigenvalue weighted by atomic mass is 10.2. The number of nitrogens with zero attached hydrogens (tertiary/aromatic N) is 4. The lowest BCUT2D eigenvalue weighted by molar-refractivity contribution is -0.113. The van der Waals surface area contributed by atoms with Crippen LogP contribution < -0.4 is 10.6 Å². The Morgan fingerprint density at radius 1 is 1.14 bits per heavy atom. The predicted molar refractivity (Wildman–Crippen MR) is 145 cm³/mol. The molecule has 0 bridgehead atoms. The summed E-state index contributed by atoms with van der Waals surface area (Å²) in [4.78, 5) is 29.7. The van der Waals surface area contributed by atoms with Crippen molar-refractivity contribution in [2.75, 3.05) is 11.1 Å². The van der Waals surface area contributed by atoms with Crippen molar-refractivity contribution < 1.29 is 9.59 Å². The first-order valence-electron chi connectivity index (χ1n) is 11.0. The van der Waals surface area contributed by atoms with Gasteiger partial charge in [-0.2, -0.15) is 0 Å². The molecule has 2 heterocycles. The fourth-order valence-electron chi connectivity index (χ4n) is 3.40. The van der Waals surface area contributed by atoms with Gasteiger partial charge < -0.3 is 15.2 Å². The van der Waals surface area contributed by atoms with Crippen LogP contribution in [0.2, 0.25) is 10.0 Å². The SMILES string of the molecule is CCn1c(SCC(=O)Nc2nc(-c3ccccc3)cs2)nnc1[C@H](C)NC(=O)c1ccc(Cl)cc1Cl. The van der Waals surface area contributed by atoms with Crippen LogP contribution in [0, 0.1) is 0 Å². The van der Waals surface area contributed by atoms with E-state index in [9.17, 15) is 9.59 Å². The molecule has 0 unspecified atom stereocenters. The molecule has 0 aliphatic heterocycles. The number of amides is 2. The lowest BCUT2D eigenvalue weighted by Gasteiger charge is -2.15. The number of thiazole rings is 1. The summed E-state index contributed by atoms with van der Waals surface area (Å²) in [5.74, 6) is 0.173. The molecular weight excluding hydrogens is 539 g/mol. The van der Waals surface area contributed by atoms with Crippen molar-refractivity contribution in [2.45, 2.75) is 31.6 Å². The number of anilines is 1. The van der Waals surface area contributed by atoms with Crippen LogP contribution in [0.1, 0.15) is 36.1 Å². The quantitative estimate of drug-likeness (QED) is 0.245. The van der Waals surface area contributed by atoms with E-state index >= 15 is 0 Å². The number of rotatable bonds is 9. The van der Waals surface area contributed by atoms with Crippen molar-refractivity contribution in [3.63, 3.8) is 0 Å². The van der Waals surface area contributed by atoms with Crippen molar-refractivity contribution in [1.82, 2.24) is 25.1 Å². The van der Waals surface area contributed by atoms with Crippen LogP contribution in [-0.2, 0) is 11.3 Å². The largest absolute Gasteiger partial charge is 0.342 e. The molecule has 8 nitrogen and oxygen atoms in total. The van der Waals surface area contributed by atoms with E-state index in [0.717, 1.165) is 11.3 Å². The first kappa shape index (κ1) is 26.2. The Bertz CT molecular complexity index is 1380. The highest BCUT2D eigenvalue weighted by Gasteiger charge is 2.21. The summed E-state index contributed by atoms with van der Waals surface area (Å²) in [6, 6.07) is 14.0. The van der Waals surface area contributed by atoms with Gasteiger partial charge in [0.1, 0.15) is 0 Å². The molecule has 2 N–H and O–H groups in total. The number of nitrogens with one attached hydrogen (secondary N) is 2. The maximum Gasteiger partial charge on any atom is 0.253 e. The summed E-state index contributed by atoms with van der Waals surface area (Å²) in [5, 5.41) is 17.9. The maximum atomic E-state index is 12.7. The molecular formula is C24H22Cl2N6O2S2. The number of thioether (sulfide) groups is 1. The van der Waals surface area contributed by atoms with Gasteiger partial charge >= 0.3 is 0 Å². The third-order valence-corrected chi connectivity index (χ3v) is 7.40. The second kappa shape index (κ2) is 11.9. The molecule has 0 aliphatic rings. The summed E-state index contributed by atoms with van der Waals surface area (Å²) < 4.78 is 1.86. The average molecular weight is 562 g/mol. The van der Waals surface area contributed by atoms with Crippen LogP contribution in [-0.4, -0.2) is 37.3 Å². The molecule has 0 radical (unpaired) electrons. The van der Waals surface area contributed by atoms with Gasteiger partial charge in [-0.25, -0.2) is 4.98 Å².